The van der Waals surface area contributed by atoms with Crippen LogP contribution in [-0.2, 0) is 19.7 Å². The number of guanidine groups is 2. The summed E-state index contributed by atoms with van der Waals surface area (Å²) in [5.74, 6) is -3.40. The van der Waals surface area contributed by atoms with Crippen molar-refractivity contribution in [3.63, 3.8) is 0 Å². The van der Waals surface area contributed by atoms with E-state index in [2.05, 4.69) is 40.6 Å². The quantitative estimate of drug-likeness (QED) is 0.0566. The minimum atomic E-state index is -3.83. The van der Waals surface area contributed by atoms with Gasteiger partial charge in [0.15, 0.2) is 76.6 Å². The summed E-state index contributed by atoms with van der Waals surface area (Å²) in [6.45, 7) is 0.259. The van der Waals surface area contributed by atoms with Gasteiger partial charge in [0.25, 0.3) is 11.8 Å². The molecule has 0 saturated heterocycles. The lowest BCUT2D eigenvalue weighted by Gasteiger charge is -2.09. The fourth-order valence-electron chi connectivity index (χ4n) is 4.13. The molecule has 0 radical (unpaired) electrons. The number of rotatable bonds is 15. The predicted molar refractivity (Wildman–Crippen MR) is 193 cm³/mol. The molecular formula is C27H36Cl2N14O6S2. The molecule has 14 N–H and O–H groups in total. The largest absolute Gasteiger partial charge is 0.382 e. The third kappa shape index (κ3) is 11.8. The van der Waals surface area contributed by atoms with Gasteiger partial charge >= 0.3 is 0 Å². The molecule has 0 saturated carbocycles. The van der Waals surface area contributed by atoms with Crippen LogP contribution in [-0.4, -0.2) is 85.1 Å². The number of amides is 2. The summed E-state index contributed by atoms with van der Waals surface area (Å²) in [5.41, 5.74) is 33.1. The van der Waals surface area contributed by atoms with E-state index in [1.165, 1.54) is 18.2 Å². The molecule has 3 rings (SSSR count). The van der Waals surface area contributed by atoms with Gasteiger partial charge in [0.2, 0.25) is 0 Å². The van der Waals surface area contributed by atoms with Crippen LogP contribution in [0.25, 0.3) is 0 Å². The van der Waals surface area contributed by atoms with Crippen molar-refractivity contribution >= 4 is 89.9 Å². The van der Waals surface area contributed by atoms with Crippen LogP contribution in [0, 0.1) is 0 Å². The van der Waals surface area contributed by atoms with Crippen molar-refractivity contribution in [2.24, 2.45) is 21.5 Å². The molecule has 24 heteroatoms. The summed E-state index contributed by atoms with van der Waals surface area (Å²) >= 11 is 11.5. The Hall–Kier alpha value is -5.06. The molecule has 3 aromatic rings. The number of hydrogen-bond acceptors (Lipinski definition) is 16. The molecule has 0 bridgehead atoms. The Morgan fingerprint density at radius 2 is 1.02 bits per heavy atom. The molecule has 1 aromatic carbocycles. The molecule has 0 fully saturated rings. The monoisotopic (exact) mass is 786 g/mol. The first kappa shape index (κ1) is 40.4. The zero-order chi connectivity index (χ0) is 37.9. The van der Waals surface area contributed by atoms with E-state index in [1.807, 2.05) is 0 Å². The second kappa shape index (κ2) is 17.7. The molecule has 51 heavy (non-hydrogen) atoms. The van der Waals surface area contributed by atoms with Gasteiger partial charge in [0, 0.05) is 13.1 Å². The van der Waals surface area contributed by atoms with E-state index in [9.17, 15) is 26.4 Å². The maximum atomic E-state index is 12.9. The molecule has 20 nitrogen and oxygen atoms in total. The summed E-state index contributed by atoms with van der Waals surface area (Å²) in [7, 11) is -7.64. The van der Waals surface area contributed by atoms with Gasteiger partial charge in [0.1, 0.15) is 0 Å². The lowest BCUT2D eigenvalue weighted by atomic mass is 10.2. The van der Waals surface area contributed by atoms with Gasteiger partial charge in [-0.05, 0) is 43.9 Å². The number of hydrogen-bond donors (Lipinski definition) is 8. The Bertz CT molecular complexity index is 2060. The van der Waals surface area contributed by atoms with E-state index in [0.29, 0.717) is 12.8 Å². The van der Waals surface area contributed by atoms with Crippen LogP contribution in [0.2, 0.25) is 10.3 Å². The zero-order valence-corrected chi connectivity index (χ0v) is 30.0. The first-order chi connectivity index (χ1) is 23.9. The number of halogens is 2. The lowest BCUT2D eigenvalue weighted by molar-refractivity contribution is 0.0964. The maximum absolute atomic E-state index is 12.9. The fraction of sp³-hybridized carbons (Fsp3) is 0.333. The summed E-state index contributed by atoms with van der Waals surface area (Å²) in [6, 6.07) is 5.15. The van der Waals surface area contributed by atoms with Crippen LogP contribution in [0.1, 0.15) is 53.1 Å². The van der Waals surface area contributed by atoms with E-state index in [-0.39, 0.29) is 111 Å². The minimum Gasteiger partial charge on any atom is -0.382 e. The molecular weight excluding hydrogens is 751 g/mol. The molecule has 0 atom stereocenters. The van der Waals surface area contributed by atoms with Crippen molar-refractivity contribution in [2.75, 3.05) is 47.5 Å². The van der Waals surface area contributed by atoms with E-state index in [4.69, 9.17) is 57.6 Å². The second-order valence-electron chi connectivity index (χ2n) is 10.6. The number of unbranched alkanes of at least 4 members (excludes halogenated alkanes) is 3. The lowest BCUT2D eigenvalue weighted by Crippen LogP contribution is -2.38. The number of nitrogen functional groups attached to an aromatic ring is 4. The van der Waals surface area contributed by atoms with Crippen molar-refractivity contribution in [3.8, 4) is 0 Å². The molecule has 0 spiro atoms. The molecule has 0 aliphatic rings. The average Bonchev–Trinajstić information content (AvgIpc) is 3.05. The van der Waals surface area contributed by atoms with Crippen LogP contribution >= 0.6 is 23.2 Å². The number of nitrogens with zero attached hydrogens (tertiary/aromatic N) is 6. The molecule has 276 valence electrons. The van der Waals surface area contributed by atoms with Crippen LogP contribution < -0.4 is 45.0 Å². The van der Waals surface area contributed by atoms with E-state index < -0.39 is 31.5 Å². The Morgan fingerprint density at radius 3 is 1.45 bits per heavy atom. The molecule has 0 aliphatic heterocycles. The first-order valence-corrected chi connectivity index (χ1v) is 18.9. The van der Waals surface area contributed by atoms with Gasteiger partial charge in [-0.15, -0.1) is 0 Å². The molecule has 0 aliphatic carbocycles. The van der Waals surface area contributed by atoms with Crippen molar-refractivity contribution in [1.29, 1.82) is 0 Å². The van der Waals surface area contributed by atoms with Crippen molar-refractivity contribution in [3.05, 3.63) is 46.0 Å². The zero-order valence-electron chi connectivity index (χ0n) is 26.8. The number of aliphatic imine (C=N–C) groups is 2. The number of nitrogens with one attached hydrogen (secondary N) is 2. The molecule has 2 heterocycles. The highest BCUT2D eigenvalue weighted by atomic mass is 35.5. The van der Waals surface area contributed by atoms with Crippen molar-refractivity contribution in [1.82, 2.24) is 30.6 Å². The predicted octanol–water partition coefficient (Wildman–Crippen LogP) is -0.110. The normalized spacial score (nSPS) is 12.4. The standard InChI is InChI=1S/C27H36Cl2N14O6S2/c28-18-22(32)40-20(30)16(38-18)24(44)42-26(34)36-9-2-1-4-11-50(46,47)14-7-6-8-15(13-14)51(48,49)12-5-3-10-37-27(35)43-25(45)17-21(31)41-23(33)19(29)39-17/h6-8,13H,1-5,9-12H2,(H4,30,32,40)(H4,31,33,41)(H3,34,36,42,44)(H3,35,37,43,45). The Kier molecular flexibility index (Phi) is 14.0. The Labute approximate surface area is 302 Å². The highest BCUT2D eigenvalue weighted by Gasteiger charge is 2.21. The van der Waals surface area contributed by atoms with Crippen LogP contribution in [0.5, 0.6) is 0 Å². The molecule has 0 unspecified atom stereocenters. The van der Waals surface area contributed by atoms with Crippen LogP contribution in [0.3, 0.4) is 0 Å². The van der Waals surface area contributed by atoms with E-state index >= 15 is 0 Å². The SMILES string of the molecule is NC(=NCCCCCS(=O)(=O)c1cccc(S(=O)(=O)CCCCN=C(N)NC(=O)c2nc(Cl)c(N)nc2N)c1)NC(=O)c1nc(Cl)c(N)nc1N. The van der Waals surface area contributed by atoms with Gasteiger partial charge in [0.05, 0.1) is 21.3 Å². The van der Waals surface area contributed by atoms with Crippen molar-refractivity contribution < 1.29 is 26.4 Å². The molecule has 2 amide bonds. The van der Waals surface area contributed by atoms with Gasteiger partial charge in [-0.1, -0.05) is 35.7 Å². The van der Waals surface area contributed by atoms with Gasteiger partial charge in [-0.25, -0.2) is 36.8 Å². The van der Waals surface area contributed by atoms with Crippen LogP contribution in [0.4, 0.5) is 23.3 Å². The summed E-state index contributed by atoms with van der Waals surface area (Å²) in [6.07, 6.45) is 1.61. The Morgan fingerprint density at radius 1 is 0.627 bits per heavy atom. The third-order valence-electron chi connectivity index (χ3n) is 6.70. The smallest absolute Gasteiger partial charge is 0.280 e. The number of sulfone groups is 2. The van der Waals surface area contributed by atoms with Crippen molar-refractivity contribution in [2.45, 2.75) is 41.9 Å². The molecule has 2 aromatic heterocycles. The number of nitrogens with two attached hydrogens (primary N) is 6. The highest BCUT2D eigenvalue weighted by molar-refractivity contribution is 7.92. The number of carbonyl (C=O) groups excluding carboxylic acids is 2. The van der Waals surface area contributed by atoms with Gasteiger partial charge < -0.3 is 34.4 Å². The second-order valence-corrected chi connectivity index (χ2v) is 15.5. The maximum Gasteiger partial charge on any atom is 0.280 e. The van der Waals surface area contributed by atoms with Gasteiger partial charge in [-0.3, -0.25) is 30.2 Å². The topological polar surface area (TPSA) is 359 Å². The Balaban J connectivity index is 1.43. The highest BCUT2D eigenvalue weighted by Crippen LogP contribution is 2.21. The third-order valence-corrected chi connectivity index (χ3v) is 10.9. The van der Waals surface area contributed by atoms with E-state index in [0.717, 1.165) is 6.07 Å². The number of benzene rings is 1. The van der Waals surface area contributed by atoms with E-state index in [1.54, 1.807) is 0 Å². The number of carbonyl (C=O) groups is 2. The minimum absolute atomic E-state index is 0.0789. The van der Waals surface area contributed by atoms with Gasteiger partial charge in [-0.2, -0.15) is 0 Å². The number of anilines is 4. The summed E-state index contributed by atoms with van der Waals surface area (Å²) in [5, 5.41) is 4.16. The van der Waals surface area contributed by atoms with Crippen LogP contribution in [0.15, 0.2) is 44.0 Å². The summed E-state index contributed by atoms with van der Waals surface area (Å²) < 4.78 is 51.8. The summed E-state index contributed by atoms with van der Waals surface area (Å²) in [4.78, 5) is 47.3. The average molecular weight is 788 g/mol. The fourth-order valence-corrected chi connectivity index (χ4v) is 7.28. The number of aromatic nitrogens is 4. The first-order valence-electron chi connectivity index (χ1n) is 14.9.